The molecule has 0 saturated heterocycles. The first-order chi connectivity index (χ1) is 12.8. The highest BCUT2D eigenvalue weighted by atomic mass is 16.6. The number of pyridine rings is 1. The fourth-order valence-corrected chi connectivity index (χ4v) is 3.67. The Morgan fingerprint density at radius 3 is 2.73 bits per heavy atom. The van der Waals surface area contributed by atoms with Crippen molar-refractivity contribution in [1.82, 2.24) is 10.3 Å². The normalized spacial score (nSPS) is 13.4. The maximum atomic E-state index is 12.3. The Balaban J connectivity index is 1.62. The third-order valence-electron chi connectivity index (χ3n) is 5.11. The number of amides is 1. The smallest absolute Gasteiger partial charge is 0.409 e. The Kier molecular flexibility index (Phi) is 6.87. The maximum absolute atomic E-state index is 12.3. The van der Waals surface area contributed by atoms with Crippen molar-refractivity contribution in [3.8, 4) is 5.75 Å². The second-order valence-electron chi connectivity index (χ2n) is 7.17. The minimum atomic E-state index is -0.345. The standard InChI is InChI=1S/C22H30N2O2/c1-2-3-4-5-6-11-16-23-22(25)26-21-17-12-7-9-14-19(17)24-20-15-10-8-13-18(20)21/h7,9,12,14H,2-6,8,10-11,13,15-16H2,1H3,(H,23,25). The molecular weight excluding hydrogens is 324 g/mol. The van der Waals surface area contributed by atoms with E-state index < -0.39 is 0 Å². The van der Waals surface area contributed by atoms with Crippen molar-refractivity contribution in [2.75, 3.05) is 6.54 Å². The lowest BCUT2D eigenvalue weighted by Gasteiger charge is -2.20. The van der Waals surface area contributed by atoms with Crippen molar-refractivity contribution < 1.29 is 9.53 Å². The van der Waals surface area contributed by atoms with Crippen molar-refractivity contribution in [3.63, 3.8) is 0 Å². The lowest BCUT2D eigenvalue weighted by atomic mass is 9.93. The molecule has 4 heteroatoms. The van der Waals surface area contributed by atoms with E-state index in [1.165, 1.54) is 25.7 Å². The van der Waals surface area contributed by atoms with Gasteiger partial charge in [-0.2, -0.15) is 0 Å². The van der Waals surface area contributed by atoms with E-state index >= 15 is 0 Å². The van der Waals surface area contributed by atoms with Gasteiger partial charge in [0.1, 0.15) is 5.75 Å². The van der Waals surface area contributed by atoms with Gasteiger partial charge in [-0.25, -0.2) is 4.79 Å². The maximum Gasteiger partial charge on any atom is 0.412 e. The molecule has 0 bridgehead atoms. The summed E-state index contributed by atoms with van der Waals surface area (Å²) < 4.78 is 5.78. The number of aromatic nitrogens is 1. The van der Waals surface area contributed by atoms with Gasteiger partial charge < -0.3 is 10.1 Å². The van der Waals surface area contributed by atoms with Crippen LogP contribution in [0.5, 0.6) is 5.75 Å². The number of aryl methyl sites for hydroxylation is 1. The molecule has 1 aliphatic carbocycles. The monoisotopic (exact) mass is 354 g/mol. The van der Waals surface area contributed by atoms with E-state index in [-0.39, 0.29) is 6.09 Å². The van der Waals surface area contributed by atoms with Crippen molar-refractivity contribution in [2.24, 2.45) is 0 Å². The van der Waals surface area contributed by atoms with Crippen LogP contribution in [0.2, 0.25) is 0 Å². The lowest BCUT2D eigenvalue weighted by Crippen LogP contribution is -2.28. The molecule has 1 aromatic carbocycles. The lowest BCUT2D eigenvalue weighted by molar-refractivity contribution is 0.200. The molecule has 0 fully saturated rings. The molecule has 0 saturated carbocycles. The zero-order chi connectivity index (χ0) is 18.2. The number of hydrogen-bond donors (Lipinski definition) is 1. The molecule has 1 heterocycles. The van der Waals surface area contributed by atoms with Gasteiger partial charge in [0, 0.05) is 23.2 Å². The van der Waals surface area contributed by atoms with Gasteiger partial charge in [0.05, 0.1) is 5.52 Å². The number of rotatable bonds is 8. The molecule has 140 valence electrons. The number of benzene rings is 1. The first-order valence-electron chi connectivity index (χ1n) is 10.2. The van der Waals surface area contributed by atoms with Crippen LogP contribution in [0, 0.1) is 0 Å². The highest BCUT2D eigenvalue weighted by Crippen LogP contribution is 2.35. The zero-order valence-electron chi connectivity index (χ0n) is 15.9. The first-order valence-corrected chi connectivity index (χ1v) is 10.2. The van der Waals surface area contributed by atoms with Gasteiger partial charge in [0.2, 0.25) is 0 Å². The van der Waals surface area contributed by atoms with Crippen LogP contribution >= 0.6 is 0 Å². The van der Waals surface area contributed by atoms with Gasteiger partial charge in [-0.3, -0.25) is 4.98 Å². The second-order valence-corrected chi connectivity index (χ2v) is 7.17. The van der Waals surface area contributed by atoms with Crippen LogP contribution in [0.25, 0.3) is 10.9 Å². The number of hydrogen-bond acceptors (Lipinski definition) is 3. The number of para-hydroxylation sites is 1. The average molecular weight is 354 g/mol. The van der Waals surface area contributed by atoms with Gasteiger partial charge in [-0.05, 0) is 44.2 Å². The van der Waals surface area contributed by atoms with Crippen LogP contribution < -0.4 is 10.1 Å². The number of ether oxygens (including phenoxy) is 1. The molecule has 1 aliphatic rings. The van der Waals surface area contributed by atoms with Gasteiger partial charge >= 0.3 is 6.09 Å². The van der Waals surface area contributed by atoms with E-state index in [1.54, 1.807) is 0 Å². The number of nitrogens with one attached hydrogen (secondary N) is 1. The Bertz CT molecular complexity index is 742. The molecule has 2 aromatic rings. The summed E-state index contributed by atoms with van der Waals surface area (Å²) in [7, 11) is 0. The van der Waals surface area contributed by atoms with E-state index in [0.29, 0.717) is 12.3 Å². The van der Waals surface area contributed by atoms with Gasteiger partial charge in [0.15, 0.2) is 0 Å². The van der Waals surface area contributed by atoms with Gasteiger partial charge in [-0.1, -0.05) is 51.2 Å². The second kappa shape index (κ2) is 9.56. The molecule has 0 atom stereocenters. The third kappa shape index (κ3) is 4.75. The highest BCUT2D eigenvalue weighted by molar-refractivity contribution is 5.89. The summed E-state index contributed by atoms with van der Waals surface area (Å²) in [4.78, 5) is 17.1. The molecule has 0 radical (unpaired) electrons. The fraction of sp³-hybridized carbons (Fsp3) is 0.545. The average Bonchev–Trinajstić information content (AvgIpc) is 2.67. The van der Waals surface area contributed by atoms with Crippen LogP contribution in [-0.2, 0) is 12.8 Å². The van der Waals surface area contributed by atoms with E-state index in [1.807, 2.05) is 24.3 Å². The SMILES string of the molecule is CCCCCCCCNC(=O)Oc1c2c(nc3ccccc13)CCCC2. The fourth-order valence-electron chi connectivity index (χ4n) is 3.67. The molecule has 0 unspecified atom stereocenters. The highest BCUT2D eigenvalue weighted by Gasteiger charge is 2.21. The van der Waals surface area contributed by atoms with Crippen LogP contribution in [-0.4, -0.2) is 17.6 Å². The number of carbonyl (C=O) groups is 1. The zero-order valence-corrected chi connectivity index (χ0v) is 15.9. The van der Waals surface area contributed by atoms with Crippen LogP contribution in [0.15, 0.2) is 24.3 Å². The minimum absolute atomic E-state index is 0.345. The van der Waals surface area contributed by atoms with Gasteiger partial charge in [0.25, 0.3) is 0 Å². The Morgan fingerprint density at radius 1 is 1.08 bits per heavy atom. The molecule has 1 aromatic heterocycles. The Morgan fingerprint density at radius 2 is 1.85 bits per heavy atom. The molecule has 3 rings (SSSR count). The molecular formula is C22H30N2O2. The molecule has 1 N–H and O–H groups in total. The summed E-state index contributed by atoms with van der Waals surface area (Å²) in [6.07, 6.45) is 11.1. The Hall–Kier alpha value is -2.10. The minimum Gasteiger partial charge on any atom is -0.409 e. The van der Waals surface area contributed by atoms with Crippen LogP contribution in [0.1, 0.15) is 69.5 Å². The summed E-state index contributed by atoms with van der Waals surface area (Å²) in [5.74, 6) is 0.714. The quantitative estimate of drug-likeness (QED) is 0.631. The van der Waals surface area contributed by atoms with Crippen LogP contribution in [0.4, 0.5) is 4.79 Å². The summed E-state index contributed by atoms with van der Waals surface area (Å²) in [5, 5.41) is 3.85. The number of unbranched alkanes of at least 4 members (excludes halogenated alkanes) is 5. The molecule has 26 heavy (non-hydrogen) atoms. The number of nitrogens with zero attached hydrogens (tertiary/aromatic N) is 1. The molecule has 0 spiro atoms. The van der Waals surface area contributed by atoms with Crippen molar-refractivity contribution >= 4 is 17.0 Å². The van der Waals surface area contributed by atoms with E-state index in [9.17, 15) is 4.79 Å². The van der Waals surface area contributed by atoms with E-state index in [2.05, 4.69) is 12.2 Å². The molecule has 4 nitrogen and oxygen atoms in total. The molecule has 0 aliphatic heterocycles. The number of fused-ring (bicyclic) bond motifs is 2. The summed E-state index contributed by atoms with van der Waals surface area (Å²) in [5.41, 5.74) is 3.12. The topological polar surface area (TPSA) is 51.2 Å². The summed E-state index contributed by atoms with van der Waals surface area (Å²) in [6, 6.07) is 7.94. The van der Waals surface area contributed by atoms with E-state index in [0.717, 1.165) is 60.7 Å². The van der Waals surface area contributed by atoms with Crippen molar-refractivity contribution in [3.05, 3.63) is 35.5 Å². The molecule has 1 amide bonds. The van der Waals surface area contributed by atoms with E-state index in [4.69, 9.17) is 9.72 Å². The number of carbonyl (C=O) groups excluding carboxylic acids is 1. The van der Waals surface area contributed by atoms with Crippen LogP contribution in [0.3, 0.4) is 0 Å². The predicted molar refractivity (Wildman–Crippen MR) is 106 cm³/mol. The predicted octanol–water partition coefficient (Wildman–Crippen LogP) is 5.56. The Labute approximate surface area is 156 Å². The van der Waals surface area contributed by atoms with Crippen molar-refractivity contribution in [1.29, 1.82) is 0 Å². The third-order valence-corrected chi connectivity index (χ3v) is 5.11. The van der Waals surface area contributed by atoms with Gasteiger partial charge in [-0.15, -0.1) is 0 Å². The summed E-state index contributed by atoms with van der Waals surface area (Å²) >= 11 is 0. The largest absolute Gasteiger partial charge is 0.412 e. The van der Waals surface area contributed by atoms with Crippen molar-refractivity contribution in [2.45, 2.75) is 71.1 Å². The first kappa shape index (κ1) is 18.7. The summed E-state index contributed by atoms with van der Waals surface area (Å²) in [6.45, 7) is 2.90.